The Bertz CT molecular complexity index is 1250. The van der Waals surface area contributed by atoms with E-state index < -0.39 is 23.2 Å². The van der Waals surface area contributed by atoms with E-state index in [-0.39, 0.29) is 29.9 Å². The van der Waals surface area contributed by atoms with E-state index in [9.17, 15) is 27.9 Å². The Morgan fingerprint density at radius 3 is 2.29 bits per heavy atom. The van der Waals surface area contributed by atoms with Gasteiger partial charge >= 0.3 is 6.18 Å². The van der Waals surface area contributed by atoms with Crippen molar-refractivity contribution in [2.45, 2.75) is 31.0 Å². The van der Waals surface area contributed by atoms with Crippen LogP contribution in [-0.4, -0.2) is 97.7 Å². The summed E-state index contributed by atoms with van der Waals surface area (Å²) in [7, 11) is 3.36. The van der Waals surface area contributed by atoms with Crippen LogP contribution in [-0.2, 0) is 10.4 Å². The van der Waals surface area contributed by atoms with Crippen molar-refractivity contribution in [3.63, 3.8) is 0 Å². The van der Waals surface area contributed by atoms with Crippen LogP contribution in [0.4, 0.5) is 18.9 Å². The van der Waals surface area contributed by atoms with E-state index in [4.69, 9.17) is 23.2 Å². The summed E-state index contributed by atoms with van der Waals surface area (Å²) in [5.41, 5.74) is -2.82. The lowest BCUT2D eigenvalue weighted by Crippen LogP contribution is -2.57. The highest BCUT2D eigenvalue weighted by Crippen LogP contribution is 2.42. The largest absolute Gasteiger partial charge is 0.430 e. The number of nitrogens with zero attached hydrogens (tertiary/aromatic N) is 4. The van der Waals surface area contributed by atoms with Gasteiger partial charge in [-0.3, -0.25) is 9.59 Å². The van der Waals surface area contributed by atoms with Crippen molar-refractivity contribution in [1.29, 1.82) is 0 Å². The van der Waals surface area contributed by atoms with Crippen LogP contribution in [0, 0.1) is 5.92 Å². The number of halogens is 5. The van der Waals surface area contributed by atoms with Crippen molar-refractivity contribution in [1.82, 2.24) is 14.7 Å². The standard InChI is InChI=1S/C29H35Cl2F3N4O3/c1-35(2)26(39)24-8-7-23(18-25(24)31)37-12-4-11-36(15-16-37)19-20-9-13-38(14-10-20)27(40)28(41,29(32,33)34)21-5-3-6-22(30)17-21/h3,5-8,17-18,20,41H,4,9-16,19H2,1-2H3. The predicted molar refractivity (Wildman–Crippen MR) is 153 cm³/mol. The van der Waals surface area contributed by atoms with Gasteiger partial charge in [-0.25, -0.2) is 0 Å². The zero-order valence-electron chi connectivity index (χ0n) is 23.1. The minimum Gasteiger partial charge on any atom is -0.370 e. The van der Waals surface area contributed by atoms with Crippen molar-refractivity contribution in [2.75, 3.05) is 64.8 Å². The molecule has 2 amide bonds. The van der Waals surface area contributed by atoms with Crippen LogP contribution >= 0.6 is 23.2 Å². The molecule has 2 aromatic rings. The second-order valence-electron chi connectivity index (χ2n) is 11.0. The number of piperidine rings is 1. The predicted octanol–water partition coefficient (Wildman–Crippen LogP) is 4.90. The number of amides is 2. The molecule has 0 radical (unpaired) electrons. The van der Waals surface area contributed by atoms with E-state index in [0.29, 0.717) is 23.4 Å². The molecule has 0 saturated carbocycles. The van der Waals surface area contributed by atoms with Gasteiger partial charge in [0.1, 0.15) is 0 Å². The van der Waals surface area contributed by atoms with Crippen LogP contribution in [0.3, 0.4) is 0 Å². The molecule has 1 unspecified atom stereocenters. The Hall–Kier alpha value is -2.53. The molecule has 2 aliphatic heterocycles. The smallest absolute Gasteiger partial charge is 0.370 e. The summed E-state index contributed by atoms with van der Waals surface area (Å²) < 4.78 is 42.1. The highest BCUT2D eigenvalue weighted by molar-refractivity contribution is 6.34. The Morgan fingerprint density at radius 1 is 0.976 bits per heavy atom. The van der Waals surface area contributed by atoms with E-state index in [1.165, 1.54) is 17.0 Å². The Labute approximate surface area is 248 Å². The second kappa shape index (κ2) is 12.8. The van der Waals surface area contributed by atoms with E-state index in [1.54, 1.807) is 20.2 Å². The molecule has 2 aromatic carbocycles. The van der Waals surface area contributed by atoms with Gasteiger partial charge < -0.3 is 24.7 Å². The summed E-state index contributed by atoms with van der Waals surface area (Å²) >= 11 is 12.3. The number of hydrogen-bond acceptors (Lipinski definition) is 5. The van der Waals surface area contributed by atoms with Crippen LogP contribution in [0.25, 0.3) is 0 Å². The fourth-order valence-electron chi connectivity index (χ4n) is 5.56. The van der Waals surface area contributed by atoms with Crippen molar-refractivity contribution < 1.29 is 27.9 Å². The summed E-state index contributed by atoms with van der Waals surface area (Å²) in [5.74, 6) is -1.29. The van der Waals surface area contributed by atoms with Gasteiger partial charge in [-0.1, -0.05) is 35.3 Å². The van der Waals surface area contributed by atoms with Gasteiger partial charge in [-0.2, -0.15) is 13.2 Å². The van der Waals surface area contributed by atoms with E-state index in [1.807, 2.05) is 12.1 Å². The minimum atomic E-state index is -5.20. The van der Waals surface area contributed by atoms with E-state index >= 15 is 0 Å². The number of anilines is 1. The first kappa shape index (κ1) is 31.4. The molecule has 4 rings (SSSR count). The third-order valence-corrected chi connectivity index (χ3v) is 8.47. The Morgan fingerprint density at radius 2 is 1.68 bits per heavy atom. The number of alkyl halides is 3. The molecular formula is C29H35Cl2F3N4O3. The topological polar surface area (TPSA) is 67.3 Å². The van der Waals surface area contributed by atoms with E-state index in [0.717, 1.165) is 61.9 Å². The van der Waals surface area contributed by atoms with Crippen LogP contribution in [0.5, 0.6) is 0 Å². The molecule has 1 N–H and O–H groups in total. The van der Waals surface area contributed by atoms with Crippen molar-refractivity contribution in [3.8, 4) is 0 Å². The molecule has 12 heteroatoms. The normalized spacial score (nSPS) is 19.0. The highest BCUT2D eigenvalue weighted by atomic mass is 35.5. The van der Waals surface area contributed by atoms with Crippen molar-refractivity contribution in [3.05, 3.63) is 63.6 Å². The summed E-state index contributed by atoms with van der Waals surface area (Å²) in [5, 5.41) is 11.1. The van der Waals surface area contributed by atoms with Crippen LogP contribution in [0.1, 0.15) is 35.2 Å². The van der Waals surface area contributed by atoms with Gasteiger partial charge in [0.2, 0.25) is 0 Å². The lowest BCUT2D eigenvalue weighted by molar-refractivity contribution is -0.262. The van der Waals surface area contributed by atoms with Crippen molar-refractivity contribution >= 4 is 40.7 Å². The molecule has 2 saturated heterocycles. The number of carbonyl (C=O) groups excluding carboxylic acids is 2. The fourth-order valence-corrected chi connectivity index (χ4v) is 6.01. The van der Waals surface area contributed by atoms with Crippen LogP contribution in [0.2, 0.25) is 10.0 Å². The van der Waals surface area contributed by atoms with Crippen LogP contribution in [0.15, 0.2) is 42.5 Å². The summed E-state index contributed by atoms with van der Waals surface area (Å²) in [6, 6.07) is 10.2. The number of hydrogen-bond donors (Lipinski definition) is 1. The molecule has 0 aliphatic carbocycles. The monoisotopic (exact) mass is 614 g/mol. The molecular weight excluding hydrogens is 580 g/mol. The molecule has 0 spiro atoms. The number of carbonyl (C=O) groups is 2. The van der Waals surface area contributed by atoms with Gasteiger partial charge in [0.15, 0.2) is 0 Å². The van der Waals surface area contributed by atoms with Gasteiger partial charge in [-0.05, 0) is 62.1 Å². The van der Waals surface area contributed by atoms with Crippen molar-refractivity contribution in [2.24, 2.45) is 5.92 Å². The molecule has 0 aromatic heterocycles. The van der Waals surface area contributed by atoms with Gasteiger partial charge in [0, 0.05) is 69.6 Å². The second-order valence-corrected chi connectivity index (χ2v) is 11.8. The first-order valence-corrected chi connectivity index (χ1v) is 14.4. The van der Waals surface area contributed by atoms with E-state index in [2.05, 4.69) is 9.80 Å². The molecule has 2 heterocycles. The van der Waals surface area contributed by atoms with Gasteiger partial charge in [-0.15, -0.1) is 0 Å². The van der Waals surface area contributed by atoms with Gasteiger partial charge in [0.05, 0.1) is 10.6 Å². The first-order chi connectivity index (χ1) is 19.3. The average Bonchev–Trinajstić information content (AvgIpc) is 3.17. The molecule has 2 fully saturated rings. The zero-order valence-corrected chi connectivity index (χ0v) is 24.6. The first-order valence-electron chi connectivity index (χ1n) is 13.6. The van der Waals surface area contributed by atoms with Gasteiger partial charge in [0.25, 0.3) is 17.4 Å². The molecule has 1 atom stereocenters. The fraction of sp³-hybridized carbons (Fsp3) is 0.517. The maximum atomic E-state index is 14.0. The zero-order chi connectivity index (χ0) is 29.9. The lowest BCUT2D eigenvalue weighted by Gasteiger charge is -2.39. The lowest BCUT2D eigenvalue weighted by atomic mass is 9.89. The molecule has 224 valence electrons. The number of rotatable bonds is 6. The number of benzene rings is 2. The number of likely N-dealkylation sites (tertiary alicyclic amines) is 1. The third kappa shape index (κ3) is 6.93. The number of aliphatic hydroxyl groups is 1. The Balaban J connectivity index is 1.33. The summed E-state index contributed by atoms with van der Waals surface area (Å²) in [4.78, 5) is 32.6. The summed E-state index contributed by atoms with van der Waals surface area (Å²) in [6.07, 6.45) is -3.18. The molecule has 7 nitrogen and oxygen atoms in total. The van der Waals surface area contributed by atoms with Crippen LogP contribution < -0.4 is 4.90 Å². The molecule has 41 heavy (non-hydrogen) atoms. The minimum absolute atomic E-state index is 0.00670. The SMILES string of the molecule is CN(C)C(=O)c1ccc(N2CCCN(CC3CCN(C(=O)C(O)(c4cccc(Cl)c4)C(F)(F)F)CC3)CC2)cc1Cl. The maximum absolute atomic E-state index is 14.0. The summed E-state index contributed by atoms with van der Waals surface area (Å²) in [6.45, 7) is 4.34. The third-order valence-electron chi connectivity index (χ3n) is 7.92. The maximum Gasteiger partial charge on any atom is 0.430 e. The molecule has 0 bridgehead atoms. The quantitative estimate of drug-likeness (QED) is 0.502. The Kier molecular flexibility index (Phi) is 9.78. The molecule has 2 aliphatic rings. The average molecular weight is 616 g/mol. The highest BCUT2D eigenvalue weighted by Gasteiger charge is 2.62.